The second kappa shape index (κ2) is 30.1. The van der Waals surface area contributed by atoms with Gasteiger partial charge in [-0.15, -0.1) is 0 Å². The molecule has 6 nitrogen and oxygen atoms in total. The van der Waals surface area contributed by atoms with Crippen LogP contribution in [-0.4, -0.2) is 9.13 Å². The number of nitrogens with zero attached hydrogens (tertiary/aromatic N) is 4. The molecule has 6 heteroatoms. The number of anilines is 6. The molecule has 2 aliphatic rings. The average Bonchev–Trinajstić information content (AvgIpc) is 1.62. The number of benzene rings is 20. The lowest BCUT2D eigenvalue weighted by molar-refractivity contribution is 0.660. The number of furan rings is 2. The summed E-state index contributed by atoms with van der Waals surface area (Å²) in [7, 11) is 0. The van der Waals surface area contributed by atoms with Gasteiger partial charge in [-0.2, -0.15) is 0 Å². The first-order chi connectivity index (χ1) is 64.0. The molecule has 0 spiro atoms. The van der Waals surface area contributed by atoms with Crippen LogP contribution in [0.2, 0.25) is 0 Å². The van der Waals surface area contributed by atoms with Crippen LogP contribution < -0.4 is 9.80 Å². The average molecular weight is 1660 g/mol. The summed E-state index contributed by atoms with van der Waals surface area (Å²) in [6.07, 6.45) is 0. The first-order valence-corrected chi connectivity index (χ1v) is 45.0. The van der Waals surface area contributed by atoms with Crippen LogP contribution in [0.5, 0.6) is 0 Å². The van der Waals surface area contributed by atoms with Gasteiger partial charge < -0.3 is 27.8 Å². The van der Waals surface area contributed by atoms with E-state index in [-0.39, 0.29) is 10.8 Å². The van der Waals surface area contributed by atoms with E-state index < -0.39 is 0 Å². The van der Waals surface area contributed by atoms with Crippen molar-refractivity contribution >= 4 is 132 Å². The fourth-order valence-corrected chi connectivity index (χ4v) is 21.4. The zero-order chi connectivity index (χ0) is 86.5. The number of para-hydroxylation sites is 8. The van der Waals surface area contributed by atoms with Crippen molar-refractivity contribution < 1.29 is 8.83 Å². The number of aromatic nitrogens is 2. The Hall–Kier alpha value is -16.5. The molecule has 0 atom stereocenters. The Balaban J connectivity index is 0.000000140. The van der Waals surface area contributed by atoms with Crippen molar-refractivity contribution in [2.24, 2.45) is 0 Å². The van der Waals surface area contributed by atoms with Crippen LogP contribution in [0.25, 0.3) is 188 Å². The van der Waals surface area contributed by atoms with Gasteiger partial charge in [0.25, 0.3) is 0 Å². The molecule has 4 aromatic heterocycles. The Bertz CT molecular complexity index is 8540. The second-order valence-electron chi connectivity index (χ2n) is 35.8. The Morgan fingerprint density at radius 3 is 0.962 bits per heavy atom. The summed E-state index contributed by atoms with van der Waals surface area (Å²) in [5.41, 5.74) is 39.3. The molecule has 0 fully saturated rings. The summed E-state index contributed by atoms with van der Waals surface area (Å²) in [6.45, 7) is 9.50. The van der Waals surface area contributed by atoms with Crippen molar-refractivity contribution in [1.29, 1.82) is 0 Å². The molecule has 4 heterocycles. The SMILES string of the molecule is CC1(C)c2cc(-c3ccccc3)ccc2-c2ccc(N(c3ccc(-c4ccc(-n5c6ccccc6c6ccccc65)cc4)cc3)c3ccc(-c4cccc5c4oc4ccccc45)cc3)cc21.CC1(C)c2cc(-c3ccccc3)ccc2-c2ccc(N(c3ccc(-c4cccc5c4oc4ccccc45)cc3)c3ccc(-n4c5ccccc5c5ccccc54)c4ccccc34)cc21. The first-order valence-electron chi connectivity index (χ1n) is 45.0. The third-order valence-corrected chi connectivity index (χ3v) is 27.8. The van der Waals surface area contributed by atoms with E-state index in [1.807, 2.05) is 18.2 Å². The summed E-state index contributed by atoms with van der Waals surface area (Å²) >= 11 is 0. The van der Waals surface area contributed by atoms with Crippen molar-refractivity contribution in [3.05, 3.63) is 471 Å². The Labute approximate surface area is 753 Å². The third-order valence-electron chi connectivity index (χ3n) is 27.8. The van der Waals surface area contributed by atoms with Gasteiger partial charge in [-0.3, -0.25) is 0 Å². The molecule has 0 saturated carbocycles. The molecule has 614 valence electrons. The monoisotopic (exact) mass is 1660 g/mol. The molecule has 130 heavy (non-hydrogen) atoms. The van der Waals surface area contributed by atoms with Crippen molar-refractivity contribution in [2.75, 3.05) is 9.80 Å². The van der Waals surface area contributed by atoms with Gasteiger partial charge in [0.1, 0.15) is 22.3 Å². The molecule has 0 amide bonds. The molecule has 0 saturated heterocycles. The lowest BCUT2D eigenvalue weighted by atomic mass is 9.81. The maximum atomic E-state index is 6.51. The zero-order valence-corrected chi connectivity index (χ0v) is 72.3. The number of fused-ring (bicyclic) bond motifs is 19. The van der Waals surface area contributed by atoms with Gasteiger partial charge in [0, 0.05) is 110 Å². The molecule has 0 N–H and O–H groups in total. The highest BCUT2D eigenvalue weighted by atomic mass is 16.3. The van der Waals surface area contributed by atoms with Crippen molar-refractivity contribution in [2.45, 2.75) is 38.5 Å². The van der Waals surface area contributed by atoms with Crippen molar-refractivity contribution in [3.63, 3.8) is 0 Å². The molecule has 0 bridgehead atoms. The lowest BCUT2D eigenvalue weighted by Gasteiger charge is -2.30. The zero-order valence-electron chi connectivity index (χ0n) is 72.3. The minimum atomic E-state index is -0.214. The Kier molecular flexibility index (Phi) is 17.6. The summed E-state index contributed by atoms with van der Waals surface area (Å²) in [6, 6.07) is 163. The Morgan fingerprint density at radius 1 is 0.200 bits per heavy atom. The molecule has 0 radical (unpaired) electrons. The molecule has 0 aliphatic heterocycles. The van der Waals surface area contributed by atoms with E-state index in [0.717, 1.165) is 112 Å². The van der Waals surface area contributed by atoms with E-state index >= 15 is 0 Å². The van der Waals surface area contributed by atoms with Crippen LogP contribution in [0.15, 0.2) is 458 Å². The molecule has 0 unspecified atom stereocenters. The normalized spacial score (nSPS) is 12.9. The quantitative estimate of drug-likeness (QED) is 0.115. The van der Waals surface area contributed by atoms with Crippen LogP contribution in [0.3, 0.4) is 0 Å². The van der Waals surface area contributed by atoms with Gasteiger partial charge in [0.15, 0.2) is 0 Å². The van der Waals surface area contributed by atoms with Gasteiger partial charge in [-0.1, -0.05) is 343 Å². The third kappa shape index (κ3) is 12.2. The highest BCUT2D eigenvalue weighted by Gasteiger charge is 2.39. The number of hydrogen-bond acceptors (Lipinski definition) is 4. The van der Waals surface area contributed by atoms with Crippen LogP contribution in [-0.2, 0) is 10.8 Å². The molecular formula is C124H86N4O2. The van der Waals surface area contributed by atoms with E-state index in [2.05, 4.69) is 477 Å². The molecular weight excluding hydrogens is 1580 g/mol. The van der Waals surface area contributed by atoms with Gasteiger partial charge >= 0.3 is 0 Å². The van der Waals surface area contributed by atoms with Crippen molar-refractivity contribution in [1.82, 2.24) is 9.13 Å². The van der Waals surface area contributed by atoms with E-state index in [1.54, 1.807) is 0 Å². The molecule has 24 aromatic rings. The topological polar surface area (TPSA) is 42.6 Å². The summed E-state index contributed by atoms with van der Waals surface area (Å²) in [5.74, 6) is 0. The van der Waals surface area contributed by atoms with Crippen LogP contribution in [0.4, 0.5) is 34.1 Å². The molecule has 20 aromatic carbocycles. The lowest BCUT2D eigenvalue weighted by Crippen LogP contribution is -2.17. The van der Waals surface area contributed by atoms with E-state index in [4.69, 9.17) is 8.83 Å². The predicted molar refractivity (Wildman–Crippen MR) is 545 cm³/mol. The maximum absolute atomic E-state index is 6.51. The van der Waals surface area contributed by atoms with Gasteiger partial charge in [0.05, 0.1) is 33.4 Å². The fraction of sp³-hybridized carbons (Fsp3) is 0.0484. The summed E-state index contributed by atoms with van der Waals surface area (Å²) in [5, 5.41) is 11.9. The highest BCUT2D eigenvalue weighted by molar-refractivity contribution is 6.15. The summed E-state index contributed by atoms with van der Waals surface area (Å²) in [4.78, 5) is 4.85. The molecule has 26 rings (SSSR count). The van der Waals surface area contributed by atoms with Crippen LogP contribution >= 0.6 is 0 Å². The minimum absolute atomic E-state index is 0.193. The van der Waals surface area contributed by atoms with Gasteiger partial charge in [-0.05, 0) is 222 Å². The summed E-state index contributed by atoms with van der Waals surface area (Å²) < 4.78 is 17.8. The van der Waals surface area contributed by atoms with Gasteiger partial charge in [0.2, 0.25) is 0 Å². The van der Waals surface area contributed by atoms with Crippen LogP contribution in [0, 0.1) is 0 Å². The van der Waals surface area contributed by atoms with E-state index in [0.29, 0.717) is 0 Å². The smallest absolute Gasteiger partial charge is 0.143 e. The number of rotatable bonds is 13. The van der Waals surface area contributed by atoms with Crippen LogP contribution in [0.1, 0.15) is 49.9 Å². The van der Waals surface area contributed by atoms with Crippen molar-refractivity contribution in [3.8, 4) is 89.3 Å². The largest absolute Gasteiger partial charge is 0.455 e. The van der Waals surface area contributed by atoms with E-state index in [1.165, 1.54) is 132 Å². The second-order valence-corrected chi connectivity index (χ2v) is 35.8. The highest BCUT2D eigenvalue weighted by Crippen LogP contribution is 2.56. The van der Waals surface area contributed by atoms with E-state index in [9.17, 15) is 0 Å². The fourth-order valence-electron chi connectivity index (χ4n) is 21.4. The predicted octanol–water partition coefficient (Wildman–Crippen LogP) is 34.4. The molecule has 2 aliphatic carbocycles. The number of hydrogen-bond donors (Lipinski definition) is 0. The maximum Gasteiger partial charge on any atom is 0.143 e. The standard InChI is InChI=1S/C63H44N2O.C61H42N2O/c1-63(2)57-39-45(41-13-4-3-5-14-41)29-37-51(57)52-38-36-49(40-58(52)63)64(47-34-27-44(28-35-47)50-18-12-19-56-55-17-8-11-22-61(55)66-62(50)56)46-30-23-42(24-31-46)43-25-32-48(33-26-43)65-59-20-9-6-15-53(59)54-16-7-10-21-60(54)65;1-61(2)53-37-41(39-15-4-3-5-16-39)29-33-45(53)46-34-32-43(38-54(46)61)62(42-30-27-40(28-31-42)44-22-14-23-52-51-21-10-13-26-59(51)64-60(44)52)57-35-36-58(50-18-7-6-17-49(50)57)63-55-24-11-8-19-47(55)48-20-9-12-25-56(48)63/h3-40H,1-2H3;3-38H,1-2H3. The minimum Gasteiger partial charge on any atom is -0.455 e. The Morgan fingerprint density at radius 2 is 0.515 bits per heavy atom. The van der Waals surface area contributed by atoms with Gasteiger partial charge in [-0.25, -0.2) is 0 Å². The first kappa shape index (κ1) is 75.9.